The van der Waals surface area contributed by atoms with Crippen LogP contribution < -0.4 is 21.1 Å². The predicted molar refractivity (Wildman–Crippen MR) is 163 cm³/mol. The molecule has 1 aliphatic heterocycles. The monoisotopic (exact) mass is 573 g/mol. The molecule has 1 aliphatic rings. The molecule has 5 N–H and O–H groups in total. The molecule has 0 aliphatic carbocycles. The zero-order valence-corrected chi connectivity index (χ0v) is 24.6. The number of likely N-dealkylation sites (tertiary alicyclic amines) is 1. The lowest BCUT2D eigenvalue weighted by Crippen LogP contribution is -2.46. The number of amides is 2. The Morgan fingerprint density at radius 3 is 2.33 bits per heavy atom. The Kier molecular flexibility index (Phi) is 9.31. The van der Waals surface area contributed by atoms with Gasteiger partial charge >= 0.3 is 6.09 Å². The molecule has 222 valence electrons. The maximum Gasteiger partial charge on any atom is 0.402 e. The van der Waals surface area contributed by atoms with E-state index in [4.69, 9.17) is 20.4 Å². The fourth-order valence-corrected chi connectivity index (χ4v) is 4.98. The molecule has 0 spiro atoms. The second-order valence-corrected chi connectivity index (χ2v) is 11.4. The highest BCUT2D eigenvalue weighted by molar-refractivity contribution is 6.07. The lowest BCUT2D eigenvalue weighted by atomic mass is 10.00. The van der Waals surface area contributed by atoms with Crippen LogP contribution in [0.2, 0.25) is 0 Å². The highest BCUT2D eigenvalue weighted by Crippen LogP contribution is 2.34. The Bertz CT molecular complexity index is 1530. The fourth-order valence-electron chi connectivity index (χ4n) is 4.98. The van der Waals surface area contributed by atoms with Crippen molar-refractivity contribution in [3.05, 3.63) is 77.5 Å². The Morgan fingerprint density at radius 2 is 1.69 bits per heavy atom. The number of hydrogen-bond donors (Lipinski definition) is 3. The SMILES string of the molecule is Cc1ccc(Oc2ccc3nc(N)cn3n2)cc1N(C(=O)c1ccc(CN2CCCCC2)cc1)C(C)(C)C.NC(=O)O. The summed E-state index contributed by atoms with van der Waals surface area (Å²) in [6.07, 6.45) is 4.16. The first-order valence-electron chi connectivity index (χ1n) is 14.0. The third-order valence-corrected chi connectivity index (χ3v) is 6.89. The Labute approximate surface area is 245 Å². The van der Waals surface area contributed by atoms with E-state index in [1.54, 1.807) is 22.8 Å². The van der Waals surface area contributed by atoms with Crippen LogP contribution in [0.1, 0.15) is 61.5 Å². The van der Waals surface area contributed by atoms with E-state index in [0.29, 0.717) is 28.7 Å². The largest absolute Gasteiger partial charge is 0.465 e. The number of carbonyl (C=O) groups is 2. The third-order valence-electron chi connectivity index (χ3n) is 6.89. The van der Waals surface area contributed by atoms with Gasteiger partial charge in [0.05, 0.1) is 11.9 Å². The standard InChI is InChI=1S/C30H36N6O2.CH3NO2/c1-21-8-13-24(38-28-15-14-27-32-26(31)20-35(27)33-28)18-25(21)36(30(2,3)4)29(37)23-11-9-22(10-12-23)19-34-16-6-5-7-17-34;2-1(3)4/h8-15,18,20H,5-7,16-17,19,31H2,1-4H3;2H2,(H,3,4). The summed E-state index contributed by atoms with van der Waals surface area (Å²) in [5.41, 5.74) is 13.7. The maximum atomic E-state index is 13.9. The molecule has 1 saturated heterocycles. The summed E-state index contributed by atoms with van der Waals surface area (Å²) in [5.74, 6) is 1.34. The predicted octanol–water partition coefficient (Wildman–Crippen LogP) is 5.47. The van der Waals surface area contributed by atoms with Crippen LogP contribution in [0.25, 0.3) is 5.65 Å². The van der Waals surface area contributed by atoms with E-state index in [9.17, 15) is 4.79 Å². The van der Waals surface area contributed by atoms with Crippen LogP contribution >= 0.6 is 0 Å². The summed E-state index contributed by atoms with van der Waals surface area (Å²) >= 11 is 0. The van der Waals surface area contributed by atoms with Crippen molar-refractivity contribution in [1.29, 1.82) is 0 Å². The van der Waals surface area contributed by atoms with Gasteiger partial charge in [-0.3, -0.25) is 9.69 Å². The van der Waals surface area contributed by atoms with Gasteiger partial charge in [0.15, 0.2) is 5.65 Å². The number of anilines is 2. The summed E-state index contributed by atoms with van der Waals surface area (Å²) in [6.45, 7) is 11.4. The van der Waals surface area contributed by atoms with Crippen LogP contribution in [0, 0.1) is 6.92 Å². The number of aromatic nitrogens is 3. The number of fused-ring (bicyclic) bond motifs is 1. The first-order valence-corrected chi connectivity index (χ1v) is 14.0. The number of primary amides is 1. The minimum absolute atomic E-state index is 0.0456. The van der Waals surface area contributed by atoms with Gasteiger partial charge in [-0.15, -0.1) is 5.10 Å². The number of imidazole rings is 1. The molecule has 11 nitrogen and oxygen atoms in total. The number of carboxylic acid groups (broad SMARTS) is 1. The molecular formula is C31H39N7O4. The van der Waals surface area contributed by atoms with Crippen LogP contribution in [0.5, 0.6) is 11.6 Å². The minimum atomic E-state index is -1.33. The average Bonchev–Trinajstić information content (AvgIpc) is 3.30. The second-order valence-electron chi connectivity index (χ2n) is 11.4. The molecule has 42 heavy (non-hydrogen) atoms. The summed E-state index contributed by atoms with van der Waals surface area (Å²) in [7, 11) is 0. The first kappa shape index (κ1) is 30.3. The number of ether oxygens (including phenoxy) is 1. The van der Waals surface area contributed by atoms with Gasteiger partial charge in [0.2, 0.25) is 5.88 Å². The molecule has 2 amide bonds. The number of rotatable bonds is 6. The number of hydrogen-bond acceptors (Lipinski definition) is 7. The van der Waals surface area contributed by atoms with Gasteiger partial charge in [0.1, 0.15) is 11.6 Å². The molecule has 0 atom stereocenters. The van der Waals surface area contributed by atoms with Crippen molar-refractivity contribution in [1.82, 2.24) is 19.5 Å². The Hall–Kier alpha value is -4.64. The van der Waals surface area contributed by atoms with Crippen LogP contribution in [0.4, 0.5) is 16.3 Å². The normalized spacial score (nSPS) is 13.7. The van der Waals surface area contributed by atoms with Crippen LogP contribution in [-0.2, 0) is 6.54 Å². The number of piperidine rings is 1. The topological polar surface area (TPSA) is 152 Å². The van der Waals surface area contributed by atoms with Gasteiger partial charge in [0, 0.05) is 29.8 Å². The number of aryl methyl sites for hydroxylation is 1. The second kappa shape index (κ2) is 12.9. The average molecular weight is 574 g/mol. The lowest BCUT2D eigenvalue weighted by molar-refractivity contribution is 0.0965. The van der Waals surface area contributed by atoms with Crippen molar-refractivity contribution >= 4 is 29.2 Å². The Balaban J connectivity index is 0.000000952. The van der Waals surface area contributed by atoms with Crippen molar-refractivity contribution in [2.45, 2.75) is 59.0 Å². The van der Waals surface area contributed by atoms with Gasteiger partial charge in [-0.1, -0.05) is 24.6 Å². The molecule has 3 heterocycles. The van der Waals surface area contributed by atoms with E-state index >= 15 is 0 Å². The van der Waals surface area contributed by atoms with Gasteiger partial charge in [-0.05, 0) is 89.0 Å². The van der Waals surface area contributed by atoms with Gasteiger partial charge < -0.3 is 26.2 Å². The van der Waals surface area contributed by atoms with Crippen LogP contribution in [0.15, 0.2) is 60.8 Å². The fraction of sp³-hybridized carbons (Fsp3) is 0.355. The molecule has 2 aromatic carbocycles. The number of nitrogens with zero attached hydrogens (tertiary/aromatic N) is 5. The highest BCUT2D eigenvalue weighted by atomic mass is 16.5. The molecule has 1 fully saturated rings. The molecular weight excluding hydrogens is 534 g/mol. The number of nitrogen functional groups attached to an aromatic ring is 1. The molecule has 0 radical (unpaired) electrons. The van der Waals surface area contributed by atoms with Crippen molar-refractivity contribution in [3.63, 3.8) is 0 Å². The summed E-state index contributed by atoms with van der Waals surface area (Å²) in [5, 5.41) is 11.6. The molecule has 2 aromatic heterocycles. The summed E-state index contributed by atoms with van der Waals surface area (Å²) in [4.78, 5) is 31.2. The molecule has 0 unspecified atom stereocenters. The van der Waals surface area contributed by atoms with E-state index in [2.05, 4.69) is 32.8 Å². The van der Waals surface area contributed by atoms with Crippen molar-refractivity contribution < 1.29 is 19.4 Å². The van der Waals surface area contributed by atoms with E-state index in [-0.39, 0.29) is 5.91 Å². The third kappa shape index (κ3) is 7.76. The quantitative estimate of drug-likeness (QED) is 0.275. The first-order chi connectivity index (χ1) is 19.9. The highest BCUT2D eigenvalue weighted by Gasteiger charge is 2.30. The van der Waals surface area contributed by atoms with E-state index in [0.717, 1.165) is 30.9 Å². The molecule has 0 bridgehead atoms. The number of carbonyl (C=O) groups excluding carboxylic acids is 1. The smallest absolute Gasteiger partial charge is 0.402 e. The van der Waals surface area contributed by atoms with Crippen LogP contribution in [-0.4, -0.2) is 55.2 Å². The summed E-state index contributed by atoms with van der Waals surface area (Å²) in [6, 6.07) is 17.4. The van der Waals surface area contributed by atoms with Gasteiger partial charge in [0.25, 0.3) is 5.91 Å². The van der Waals surface area contributed by atoms with E-state index < -0.39 is 11.6 Å². The Morgan fingerprint density at radius 1 is 1.02 bits per heavy atom. The zero-order chi connectivity index (χ0) is 30.4. The molecule has 11 heteroatoms. The van der Waals surface area contributed by atoms with E-state index in [1.807, 2.05) is 62.9 Å². The van der Waals surface area contributed by atoms with Gasteiger partial charge in [-0.2, -0.15) is 0 Å². The maximum absolute atomic E-state index is 13.9. The number of benzene rings is 2. The van der Waals surface area contributed by atoms with Crippen LogP contribution in [0.3, 0.4) is 0 Å². The van der Waals surface area contributed by atoms with Gasteiger partial charge in [-0.25, -0.2) is 14.3 Å². The van der Waals surface area contributed by atoms with Crippen molar-refractivity contribution in [2.75, 3.05) is 23.7 Å². The molecule has 4 aromatic rings. The zero-order valence-electron chi connectivity index (χ0n) is 24.6. The summed E-state index contributed by atoms with van der Waals surface area (Å²) < 4.78 is 7.67. The number of nitrogens with two attached hydrogens (primary N) is 2. The lowest BCUT2D eigenvalue weighted by Gasteiger charge is -2.37. The molecule has 0 saturated carbocycles. The minimum Gasteiger partial charge on any atom is -0.465 e. The molecule has 5 rings (SSSR count). The van der Waals surface area contributed by atoms with Crippen molar-refractivity contribution in [3.8, 4) is 11.6 Å². The van der Waals surface area contributed by atoms with Crippen molar-refractivity contribution in [2.24, 2.45) is 5.73 Å². The van der Waals surface area contributed by atoms with E-state index in [1.165, 1.54) is 24.8 Å².